The summed E-state index contributed by atoms with van der Waals surface area (Å²) in [5, 5.41) is 2.49. The molecule has 0 atom stereocenters. The van der Waals surface area contributed by atoms with Gasteiger partial charge in [0.1, 0.15) is 0 Å². The number of halogens is 4. The Hall–Kier alpha value is -2.46. The van der Waals surface area contributed by atoms with Crippen molar-refractivity contribution < 1.29 is 26.4 Å². The molecule has 0 bridgehead atoms. The van der Waals surface area contributed by atoms with E-state index < -0.39 is 27.5 Å². The molecule has 1 fully saturated rings. The largest absolute Gasteiger partial charge is 0.418 e. The number of anilines is 2. The van der Waals surface area contributed by atoms with Gasteiger partial charge in [-0.2, -0.15) is 13.2 Å². The summed E-state index contributed by atoms with van der Waals surface area (Å²) in [4.78, 5) is 13.5. The monoisotopic (exact) mass is 447 g/mol. The SMILES string of the molecule is O=C(Nc1ccc(S(=O)(=O)Nc2ccc(Cl)cc2C(F)(F)F)cc1)N1CCCC1. The van der Waals surface area contributed by atoms with Crippen molar-refractivity contribution in [3.05, 3.63) is 53.1 Å². The number of rotatable bonds is 4. The lowest BCUT2D eigenvalue weighted by molar-refractivity contribution is -0.136. The first-order valence-corrected chi connectivity index (χ1v) is 10.5. The lowest BCUT2D eigenvalue weighted by Gasteiger charge is -2.17. The topological polar surface area (TPSA) is 78.5 Å². The number of nitrogens with one attached hydrogen (secondary N) is 2. The van der Waals surface area contributed by atoms with Crippen molar-refractivity contribution in [2.75, 3.05) is 23.1 Å². The van der Waals surface area contributed by atoms with E-state index in [1.807, 2.05) is 4.72 Å². The fourth-order valence-corrected chi connectivity index (χ4v) is 4.14. The molecule has 1 heterocycles. The average Bonchev–Trinajstić information content (AvgIpc) is 3.17. The zero-order valence-corrected chi connectivity index (χ0v) is 16.5. The van der Waals surface area contributed by atoms with Gasteiger partial charge < -0.3 is 10.2 Å². The van der Waals surface area contributed by atoms with Crippen LogP contribution in [-0.2, 0) is 16.2 Å². The zero-order chi connectivity index (χ0) is 21.2. The van der Waals surface area contributed by atoms with Gasteiger partial charge in [-0.3, -0.25) is 4.72 Å². The Labute approximate surface area is 170 Å². The predicted octanol–water partition coefficient (Wildman–Crippen LogP) is 4.79. The van der Waals surface area contributed by atoms with Crippen LogP contribution in [0.25, 0.3) is 0 Å². The predicted molar refractivity (Wildman–Crippen MR) is 104 cm³/mol. The number of sulfonamides is 1. The Morgan fingerprint density at radius 2 is 1.66 bits per heavy atom. The first-order valence-electron chi connectivity index (χ1n) is 8.62. The first kappa shape index (κ1) is 21.3. The molecule has 2 aromatic carbocycles. The van der Waals surface area contributed by atoms with Gasteiger partial charge in [0.25, 0.3) is 10.0 Å². The smallest absolute Gasteiger partial charge is 0.325 e. The van der Waals surface area contributed by atoms with Crippen LogP contribution in [0.3, 0.4) is 0 Å². The van der Waals surface area contributed by atoms with Crippen molar-refractivity contribution in [1.82, 2.24) is 4.90 Å². The summed E-state index contributed by atoms with van der Waals surface area (Å²) in [5.74, 6) is 0. The van der Waals surface area contributed by atoms with Crippen LogP contribution < -0.4 is 10.0 Å². The van der Waals surface area contributed by atoms with Crippen LogP contribution in [0.4, 0.5) is 29.3 Å². The highest BCUT2D eigenvalue weighted by atomic mass is 35.5. The van der Waals surface area contributed by atoms with Gasteiger partial charge in [0.05, 0.1) is 16.1 Å². The molecule has 0 spiro atoms. The number of carbonyl (C=O) groups excluding carboxylic acids is 1. The van der Waals surface area contributed by atoms with Gasteiger partial charge in [-0.25, -0.2) is 13.2 Å². The molecule has 1 saturated heterocycles. The van der Waals surface area contributed by atoms with Gasteiger partial charge in [0.15, 0.2) is 0 Å². The molecule has 1 aliphatic rings. The summed E-state index contributed by atoms with van der Waals surface area (Å²) in [6, 6.07) is 7.61. The van der Waals surface area contributed by atoms with Gasteiger partial charge >= 0.3 is 12.2 Å². The van der Waals surface area contributed by atoms with E-state index in [2.05, 4.69) is 5.32 Å². The average molecular weight is 448 g/mol. The molecular weight excluding hydrogens is 431 g/mol. The molecule has 6 nitrogen and oxygen atoms in total. The highest BCUT2D eigenvalue weighted by Gasteiger charge is 2.35. The van der Waals surface area contributed by atoms with E-state index in [0.29, 0.717) is 24.8 Å². The van der Waals surface area contributed by atoms with Crippen molar-refractivity contribution in [2.24, 2.45) is 0 Å². The lowest BCUT2D eigenvalue weighted by atomic mass is 10.2. The highest BCUT2D eigenvalue weighted by Crippen LogP contribution is 2.37. The molecule has 0 radical (unpaired) electrons. The van der Waals surface area contributed by atoms with Crippen LogP contribution >= 0.6 is 11.6 Å². The summed E-state index contributed by atoms with van der Waals surface area (Å²) in [7, 11) is -4.29. The number of carbonyl (C=O) groups is 1. The van der Waals surface area contributed by atoms with Gasteiger partial charge in [0, 0.05) is 23.8 Å². The normalized spacial score (nSPS) is 14.7. The second-order valence-electron chi connectivity index (χ2n) is 6.44. The van der Waals surface area contributed by atoms with Crippen LogP contribution in [0.1, 0.15) is 18.4 Å². The number of hydrogen-bond donors (Lipinski definition) is 2. The zero-order valence-electron chi connectivity index (χ0n) is 15.0. The van der Waals surface area contributed by atoms with Crippen LogP contribution in [-0.4, -0.2) is 32.4 Å². The number of nitrogens with zero attached hydrogens (tertiary/aromatic N) is 1. The van der Waals surface area contributed by atoms with Gasteiger partial charge in [-0.05, 0) is 55.3 Å². The second kappa shape index (κ2) is 8.11. The maximum atomic E-state index is 13.2. The Balaban J connectivity index is 1.77. The quantitative estimate of drug-likeness (QED) is 0.707. The minimum Gasteiger partial charge on any atom is -0.325 e. The number of hydrogen-bond acceptors (Lipinski definition) is 3. The molecule has 2 amide bonds. The van der Waals surface area contributed by atoms with Crippen molar-refractivity contribution in [2.45, 2.75) is 23.9 Å². The maximum Gasteiger partial charge on any atom is 0.418 e. The number of urea groups is 1. The lowest BCUT2D eigenvalue weighted by Crippen LogP contribution is -2.32. The van der Waals surface area contributed by atoms with Gasteiger partial charge in [-0.15, -0.1) is 0 Å². The fourth-order valence-electron chi connectivity index (χ4n) is 2.88. The Morgan fingerprint density at radius 3 is 2.24 bits per heavy atom. The molecule has 11 heteroatoms. The number of likely N-dealkylation sites (tertiary alicyclic amines) is 1. The van der Waals surface area contributed by atoms with Gasteiger partial charge in [-0.1, -0.05) is 11.6 Å². The molecule has 29 heavy (non-hydrogen) atoms. The third kappa shape index (κ3) is 5.13. The molecule has 156 valence electrons. The Bertz CT molecular complexity index is 1010. The molecule has 2 aromatic rings. The van der Waals surface area contributed by atoms with Gasteiger partial charge in [0.2, 0.25) is 0 Å². The molecule has 3 rings (SSSR count). The van der Waals surface area contributed by atoms with Crippen LogP contribution in [0, 0.1) is 0 Å². The summed E-state index contributed by atoms with van der Waals surface area (Å²) >= 11 is 5.60. The summed E-state index contributed by atoms with van der Waals surface area (Å²) in [6.45, 7) is 1.32. The van der Waals surface area contributed by atoms with E-state index in [1.165, 1.54) is 24.3 Å². The first-order chi connectivity index (χ1) is 13.6. The number of amides is 2. The summed E-state index contributed by atoms with van der Waals surface area (Å²) in [6.07, 6.45) is -2.92. The number of alkyl halides is 3. The van der Waals surface area contributed by atoms with Crippen LogP contribution in [0.15, 0.2) is 47.4 Å². The minimum atomic E-state index is -4.79. The summed E-state index contributed by atoms with van der Waals surface area (Å²) in [5.41, 5.74) is -1.44. The van der Waals surface area contributed by atoms with Crippen molar-refractivity contribution in [3.8, 4) is 0 Å². The fraction of sp³-hybridized carbons (Fsp3) is 0.278. The molecular formula is C18H17ClF3N3O3S. The molecule has 0 saturated carbocycles. The Kier molecular flexibility index (Phi) is 5.95. The van der Waals surface area contributed by atoms with Crippen molar-refractivity contribution >= 4 is 39.0 Å². The standard InChI is InChI=1S/C18H17ClF3N3O3S/c19-12-3-8-16(15(11-12)18(20,21)22)24-29(27,28)14-6-4-13(5-7-14)23-17(26)25-9-1-2-10-25/h3-8,11,24H,1-2,9-10H2,(H,23,26). The number of benzene rings is 2. The third-order valence-corrected chi connectivity index (χ3v) is 5.96. The van der Waals surface area contributed by atoms with Crippen LogP contribution in [0.2, 0.25) is 5.02 Å². The van der Waals surface area contributed by atoms with E-state index in [9.17, 15) is 26.4 Å². The molecule has 0 aliphatic carbocycles. The molecule has 0 aromatic heterocycles. The Morgan fingerprint density at radius 1 is 1.03 bits per heavy atom. The van der Waals surface area contributed by atoms with E-state index in [-0.39, 0.29) is 15.9 Å². The summed E-state index contributed by atoms with van der Waals surface area (Å²) < 4.78 is 66.5. The van der Waals surface area contributed by atoms with Crippen molar-refractivity contribution in [1.29, 1.82) is 0 Å². The van der Waals surface area contributed by atoms with Crippen molar-refractivity contribution in [3.63, 3.8) is 0 Å². The van der Waals surface area contributed by atoms with E-state index >= 15 is 0 Å². The minimum absolute atomic E-state index is 0.168. The van der Waals surface area contributed by atoms with E-state index in [0.717, 1.165) is 25.0 Å². The third-order valence-electron chi connectivity index (χ3n) is 4.34. The van der Waals surface area contributed by atoms with E-state index in [1.54, 1.807) is 4.90 Å². The molecule has 2 N–H and O–H groups in total. The van der Waals surface area contributed by atoms with E-state index in [4.69, 9.17) is 11.6 Å². The molecule has 1 aliphatic heterocycles. The van der Waals surface area contributed by atoms with Crippen LogP contribution in [0.5, 0.6) is 0 Å². The molecule has 0 unspecified atom stereocenters. The highest BCUT2D eigenvalue weighted by molar-refractivity contribution is 7.92. The second-order valence-corrected chi connectivity index (χ2v) is 8.56. The maximum absolute atomic E-state index is 13.2.